The maximum absolute atomic E-state index is 6.01. The number of rotatable bonds is 12. The summed E-state index contributed by atoms with van der Waals surface area (Å²) in [6.45, 7) is 7.55. The van der Waals surface area contributed by atoms with Crippen molar-refractivity contribution >= 4 is 5.96 Å². The number of likely N-dealkylation sites (N-methyl/N-ethyl adjacent to an activating group) is 1. The molecule has 0 spiro atoms. The Morgan fingerprint density at radius 2 is 1.84 bits per heavy atom. The molecule has 0 aliphatic rings. The first kappa shape index (κ1) is 24.3. The molecule has 0 bridgehead atoms. The van der Waals surface area contributed by atoms with Crippen molar-refractivity contribution in [3.63, 3.8) is 0 Å². The van der Waals surface area contributed by atoms with Gasteiger partial charge in [0.15, 0.2) is 17.5 Å². The number of nitrogens with zero attached hydrogens (tertiary/aromatic N) is 2. The summed E-state index contributed by atoms with van der Waals surface area (Å²) in [6.07, 6.45) is -0.0615. The molecule has 0 aliphatic carbocycles. The number of benzene rings is 2. The zero-order valence-corrected chi connectivity index (χ0v) is 19.4. The van der Waals surface area contributed by atoms with E-state index in [1.165, 1.54) is 0 Å². The van der Waals surface area contributed by atoms with Crippen LogP contribution in [0.1, 0.15) is 19.4 Å². The van der Waals surface area contributed by atoms with Crippen LogP contribution in [-0.2, 0) is 6.54 Å². The van der Waals surface area contributed by atoms with Gasteiger partial charge in [-0.2, -0.15) is 0 Å². The third-order valence-electron chi connectivity index (χ3n) is 4.42. The summed E-state index contributed by atoms with van der Waals surface area (Å²) in [5.74, 6) is 3.07. The molecule has 0 saturated heterocycles. The highest BCUT2D eigenvalue weighted by Crippen LogP contribution is 2.26. The predicted molar refractivity (Wildman–Crippen MR) is 126 cm³/mol. The average molecular weight is 429 g/mol. The minimum Gasteiger partial charge on any atom is -0.493 e. The Labute approximate surface area is 186 Å². The van der Waals surface area contributed by atoms with E-state index in [9.17, 15) is 0 Å². The van der Waals surface area contributed by atoms with E-state index in [4.69, 9.17) is 19.2 Å². The van der Waals surface area contributed by atoms with Gasteiger partial charge in [-0.3, -0.25) is 0 Å². The van der Waals surface area contributed by atoms with Gasteiger partial charge >= 0.3 is 0 Å². The van der Waals surface area contributed by atoms with Gasteiger partial charge in [-0.15, -0.1) is 0 Å². The van der Waals surface area contributed by atoms with Crippen LogP contribution in [0.3, 0.4) is 0 Å². The zero-order valence-electron chi connectivity index (χ0n) is 19.4. The van der Waals surface area contributed by atoms with Gasteiger partial charge in [0.2, 0.25) is 0 Å². The van der Waals surface area contributed by atoms with E-state index in [0.717, 1.165) is 41.9 Å². The van der Waals surface area contributed by atoms with Crippen molar-refractivity contribution in [3.05, 3.63) is 54.1 Å². The van der Waals surface area contributed by atoms with Gasteiger partial charge in [0.25, 0.3) is 0 Å². The van der Waals surface area contributed by atoms with E-state index < -0.39 is 0 Å². The van der Waals surface area contributed by atoms with Crippen LogP contribution in [0.5, 0.6) is 17.2 Å². The van der Waals surface area contributed by atoms with E-state index in [0.29, 0.717) is 19.7 Å². The third-order valence-corrected chi connectivity index (χ3v) is 4.42. The van der Waals surface area contributed by atoms with Crippen LogP contribution in [0.2, 0.25) is 0 Å². The van der Waals surface area contributed by atoms with Crippen LogP contribution >= 0.6 is 0 Å². The van der Waals surface area contributed by atoms with Crippen LogP contribution < -0.4 is 24.8 Å². The van der Waals surface area contributed by atoms with Crippen molar-refractivity contribution in [2.45, 2.75) is 26.5 Å². The van der Waals surface area contributed by atoms with Crippen LogP contribution in [0.15, 0.2) is 53.5 Å². The molecule has 0 aromatic heterocycles. The lowest BCUT2D eigenvalue weighted by molar-refractivity contribution is 0.213. The number of para-hydroxylation sites is 2. The Hall–Kier alpha value is -2.93. The summed E-state index contributed by atoms with van der Waals surface area (Å²) >= 11 is 0. The van der Waals surface area contributed by atoms with Gasteiger partial charge in [0.1, 0.15) is 18.5 Å². The van der Waals surface area contributed by atoms with Gasteiger partial charge in [-0.1, -0.05) is 24.3 Å². The molecule has 0 aliphatic heterocycles. The van der Waals surface area contributed by atoms with Gasteiger partial charge in [-0.25, -0.2) is 4.99 Å². The highest BCUT2D eigenvalue weighted by molar-refractivity contribution is 5.79. The Morgan fingerprint density at radius 1 is 1.06 bits per heavy atom. The van der Waals surface area contributed by atoms with Crippen molar-refractivity contribution < 1.29 is 14.2 Å². The summed E-state index contributed by atoms with van der Waals surface area (Å²) in [5, 5.41) is 6.62. The first-order chi connectivity index (χ1) is 15.0. The number of guanidine groups is 1. The summed E-state index contributed by atoms with van der Waals surface area (Å²) < 4.78 is 17.2. The standard InChI is InChI=1S/C24H36N4O3/c1-6-25-24(26-17-19(2)31-23-13-8-7-12-22(23)29-5)27-18-20-10-9-11-21(16-20)30-15-14-28(3)4/h7-13,16,19H,6,14-15,17-18H2,1-5H3,(H2,25,26,27). The molecule has 2 aromatic carbocycles. The zero-order chi connectivity index (χ0) is 22.5. The monoisotopic (exact) mass is 428 g/mol. The lowest BCUT2D eigenvalue weighted by atomic mass is 10.2. The minimum atomic E-state index is -0.0615. The molecule has 2 N–H and O–H groups in total. The maximum atomic E-state index is 6.01. The molecule has 0 heterocycles. The summed E-state index contributed by atoms with van der Waals surface area (Å²) in [7, 11) is 5.71. The second-order valence-corrected chi connectivity index (χ2v) is 7.45. The number of hydrogen-bond acceptors (Lipinski definition) is 5. The first-order valence-corrected chi connectivity index (χ1v) is 10.7. The van der Waals surface area contributed by atoms with Gasteiger partial charge in [0, 0.05) is 13.1 Å². The fourth-order valence-corrected chi connectivity index (χ4v) is 2.81. The van der Waals surface area contributed by atoms with Gasteiger partial charge < -0.3 is 29.7 Å². The largest absolute Gasteiger partial charge is 0.493 e. The molecule has 0 fully saturated rings. The average Bonchev–Trinajstić information content (AvgIpc) is 2.76. The Bertz CT molecular complexity index is 811. The highest BCUT2D eigenvalue weighted by atomic mass is 16.5. The number of ether oxygens (including phenoxy) is 3. The quantitative estimate of drug-likeness (QED) is 0.400. The SMILES string of the molecule is CCNC(=NCc1cccc(OCCN(C)C)c1)NCC(C)Oc1ccccc1OC. The normalized spacial score (nSPS) is 12.4. The molecule has 0 amide bonds. The Kier molecular flexibility index (Phi) is 10.5. The molecule has 170 valence electrons. The van der Waals surface area contributed by atoms with E-state index in [1.807, 2.05) is 70.4 Å². The van der Waals surface area contributed by atoms with Gasteiger partial charge in [0.05, 0.1) is 20.2 Å². The lowest BCUT2D eigenvalue weighted by Gasteiger charge is -2.19. The van der Waals surface area contributed by atoms with Crippen LogP contribution in [0, 0.1) is 0 Å². The van der Waals surface area contributed by atoms with E-state index >= 15 is 0 Å². The van der Waals surface area contributed by atoms with E-state index in [1.54, 1.807) is 7.11 Å². The third kappa shape index (κ3) is 9.17. The number of hydrogen-bond donors (Lipinski definition) is 2. The summed E-state index contributed by atoms with van der Waals surface area (Å²) in [6, 6.07) is 15.7. The van der Waals surface area contributed by atoms with Crippen LogP contribution in [0.25, 0.3) is 0 Å². The summed E-state index contributed by atoms with van der Waals surface area (Å²) in [5.41, 5.74) is 1.10. The van der Waals surface area contributed by atoms with Crippen LogP contribution in [-0.4, -0.2) is 64.4 Å². The van der Waals surface area contributed by atoms with Gasteiger partial charge in [-0.05, 0) is 57.8 Å². The molecule has 7 nitrogen and oxygen atoms in total. The van der Waals surface area contributed by atoms with Crippen LogP contribution in [0.4, 0.5) is 0 Å². The van der Waals surface area contributed by atoms with Crippen molar-refractivity contribution in [2.24, 2.45) is 4.99 Å². The molecular weight excluding hydrogens is 392 g/mol. The fraction of sp³-hybridized carbons (Fsp3) is 0.458. The molecule has 2 aromatic rings. The maximum Gasteiger partial charge on any atom is 0.191 e. The molecule has 0 radical (unpaired) electrons. The van der Waals surface area contributed by atoms with Crippen molar-refractivity contribution in [1.82, 2.24) is 15.5 Å². The first-order valence-electron chi connectivity index (χ1n) is 10.7. The number of nitrogens with one attached hydrogen (secondary N) is 2. The molecule has 7 heteroatoms. The Morgan fingerprint density at radius 3 is 2.55 bits per heavy atom. The smallest absolute Gasteiger partial charge is 0.191 e. The lowest BCUT2D eigenvalue weighted by Crippen LogP contribution is -2.41. The van der Waals surface area contributed by atoms with Crippen molar-refractivity contribution in [2.75, 3.05) is 47.4 Å². The molecule has 0 saturated carbocycles. The summed E-state index contributed by atoms with van der Waals surface area (Å²) in [4.78, 5) is 6.79. The number of aliphatic imine (C=N–C) groups is 1. The molecule has 31 heavy (non-hydrogen) atoms. The predicted octanol–water partition coefficient (Wildman–Crippen LogP) is 3.16. The molecule has 1 unspecified atom stereocenters. The molecule has 1 atom stereocenters. The Balaban J connectivity index is 1.89. The molecular formula is C24H36N4O3. The molecule has 2 rings (SSSR count). The van der Waals surface area contributed by atoms with Crippen molar-refractivity contribution in [1.29, 1.82) is 0 Å². The van der Waals surface area contributed by atoms with Crippen molar-refractivity contribution in [3.8, 4) is 17.2 Å². The highest BCUT2D eigenvalue weighted by Gasteiger charge is 2.09. The number of methoxy groups -OCH3 is 1. The second kappa shape index (κ2) is 13.4. The second-order valence-electron chi connectivity index (χ2n) is 7.45. The van der Waals surface area contributed by atoms with E-state index in [-0.39, 0.29) is 6.10 Å². The minimum absolute atomic E-state index is 0.0615. The topological polar surface area (TPSA) is 67.4 Å². The fourth-order valence-electron chi connectivity index (χ4n) is 2.81. The van der Waals surface area contributed by atoms with E-state index in [2.05, 4.69) is 21.6 Å².